The van der Waals surface area contributed by atoms with Crippen molar-refractivity contribution in [1.82, 2.24) is 9.88 Å². The minimum Gasteiger partial charge on any atom is -0.486 e. The summed E-state index contributed by atoms with van der Waals surface area (Å²) in [5.74, 6) is 0.733. The van der Waals surface area contributed by atoms with Gasteiger partial charge in [0, 0.05) is 25.2 Å². The van der Waals surface area contributed by atoms with Crippen molar-refractivity contribution in [3.8, 4) is 11.5 Å². The van der Waals surface area contributed by atoms with Crippen molar-refractivity contribution in [2.45, 2.75) is 13.3 Å². The number of amides is 2. The third kappa shape index (κ3) is 3.91. The molecule has 26 heavy (non-hydrogen) atoms. The summed E-state index contributed by atoms with van der Waals surface area (Å²) < 4.78 is 11.0. The fraction of sp³-hybridized carbons (Fsp3) is 0.353. The standard InChI is InChI=1S/C17H18ClN3O4S/c1-9-15(16(23)21(2)3)26-17(19-9)20-14(22)7-10-6-12-13(8-11(10)18)25-5-4-24-12/h6,8H,4-5,7H2,1-3H3,(H,19,20,22). The van der Waals surface area contributed by atoms with Crippen molar-refractivity contribution >= 4 is 39.9 Å². The van der Waals surface area contributed by atoms with E-state index in [1.807, 2.05) is 0 Å². The van der Waals surface area contributed by atoms with Crippen molar-refractivity contribution < 1.29 is 19.1 Å². The van der Waals surface area contributed by atoms with Gasteiger partial charge in [-0.2, -0.15) is 0 Å². The van der Waals surface area contributed by atoms with E-state index in [9.17, 15) is 9.59 Å². The average molecular weight is 396 g/mol. The fourth-order valence-electron chi connectivity index (χ4n) is 2.43. The van der Waals surface area contributed by atoms with Crippen LogP contribution in [0.1, 0.15) is 20.9 Å². The van der Waals surface area contributed by atoms with Gasteiger partial charge in [0.25, 0.3) is 5.91 Å². The predicted octanol–water partition coefficient (Wildman–Crippen LogP) is 2.76. The number of aromatic nitrogens is 1. The van der Waals surface area contributed by atoms with Crippen LogP contribution in [0.25, 0.3) is 0 Å². The number of benzene rings is 1. The summed E-state index contributed by atoms with van der Waals surface area (Å²) in [6, 6.07) is 3.37. The summed E-state index contributed by atoms with van der Waals surface area (Å²) >= 11 is 7.39. The number of carbonyl (C=O) groups excluding carboxylic acids is 2. The van der Waals surface area contributed by atoms with E-state index in [0.717, 1.165) is 11.3 Å². The zero-order valence-corrected chi connectivity index (χ0v) is 16.2. The van der Waals surface area contributed by atoms with Gasteiger partial charge in [-0.1, -0.05) is 22.9 Å². The Morgan fingerprint density at radius 1 is 1.27 bits per heavy atom. The van der Waals surface area contributed by atoms with Crippen LogP contribution in [0.2, 0.25) is 5.02 Å². The molecule has 0 aliphatic carbocycles. The second-order valence-corrected chi connectivity index (χ2v) is 7.35. The van der Waals surface area contributed by atoms with Crippen LogP contribution >= 0.6 is 22.9 Å². The van der Waals surface area contributed by atoms with Crippen LogP contribution in [-0.2, 0) is 11.2 Å². The highest BCUT2D eigenvalue weighted by atomic mass is 35.5. The summed E-state index contributed by atoms with van der Waals surface area (Å²) in [6.07, 6.45) is 0.0606. The van der Waals surface area contributed by atoms with Crippen LogP contribution in [0.3, 0.4) is 0 Å². The molecule has 0 radical (unpaired) electrons. The Morgan fingerprint density at radius 2 is 1.92 bits per heavy atom. The highest BCUT2D eigenvalue weighted by Gasteiger charge is 2.20. The fourth-order valence-corrected chi connectivity index (χ4v) is 3.65. The van der Waals surface area contributed by atoms with Gasteiger partial charge in [-0.05, 0) is 18.6 Å². The summed E-state index contributed by atoms with van der Waals surface area (Å²) in [5.41, 5.74) is 1.22. The molecule has 7 nitrogen and oxygen atoms in total. The van der Waals surface area contributed by atoms with E-state index in [1.54, 1.807) is 33.2 Å². The van der Waals surface area contributed by atoms with Crippen molar-refractivity contribution in [1.29, 1.82) is 0 Å². The molecule has 0 spiro atoms. The van der Waals surface area contributed by atoms with E-state index in [2.05, 4.69) is 10.3 Å². The minimum absolute atomic E-state index is 0.0606. The number of halogens is 1. The van der Waals surface area contributed by atoms with Crippen LogP contribution in [0.5, 0.6) is 11.5 Å². The van der Waals surface area contributed by atoms with Crippen molar-refractivity contribution in [3.63, 3.8) is 0 Å². The number of anilines is 1. The second kappa shape index (κ2) is 7.51. The van der Waals surface area contributed by atoms with Crippen LogP contribution < -0.4 is 14.8 Å². The van der Waals surface area contributed by atoms with Gasteiger partial charge in [-0.3, -0.25) is 9.59 Å². The van der Waals surface area contributed by atoms with Crippen LogP contribution in [0, 0.1) is 6.92 Å². The predicted molar refractivity (Wildman–Crippen MR) is 99.6 cm³/mol. The van der Waals surface area contributed by atoms with E-state index in [1.165, 1.54) is 4.90 Å². The van der Waals surface area contributed by atoms with Crippen LogP contribution in [0.15, 0.2) is 12.1 Å². The number of carbonyl (C=O) groups is 2. The Bertz CT molecular complexity index is 866. The van der Waals surface area contributed by atoms with E-state index >= 15 is 0 Å². The lowest BCUT2D eigenvalue weighted by Gasteiger charge is -2.19. The topological polar surface area (TPSA) is 80.8 Å². The summed E-state index contributed by atoms with van der Waals surface area (Å²) in [6.45, 7) is 2.67. The van der Waals surface area contributed by atoms with Crippen molar-refractivity contribution in [2.24, 2.45) is 0 Å². The number of thiazole rings is 1. The first kappa shape index (κ1) is 18.5. The van der Waals surface area contributed by atoms with E-state index in [0.29, 0.717) is 51.0 Å². The summed E-state index contributed by atoms with van der Waals surface area (Å²) in [4.78, 5) is 30.7. The van der Waals surface area contributed by atoms with Crippen molar-refractivity contribution in [3.05, 3.63) is 33.3 Å². The zero-order chi connectivity index (χ0) is 18.8. The number of fused-ring (bicyclic) bond motifs is 1. The summed E-state index contributed by atoms with van der Waals surface area (Å²) in [5, 5.41) is 3.53. The molecular formula is C17H18ClN3O4S. The maximum atomic E-state index is 12.4. The number of rotatable bonds is 4. The lowest BCUT2D eigenvalue weighted by molar-refractivity contribution is -0.115. The molecule has 1 N–H and O–H groups in total. The van der Waals surface area contributed by atoms with Gasteiger partial charge in [0.2, 0.25) is 5.91 Å². The quantitative estimate of drug-likeness (QED) is 0.860. The molecule has 1 aliphatic rings. The molecular weight excluding hydrogens is 378 g/mol. The maximum absolute atomic E-state index is 12.4. The van der Waals surface area contributed by atoms with E-state index in [-0.39, 0.29) is 18.2 Å². The van der Waals surface area contributed by atoms with Gasteiger partial charge in [0.15, 0.2) is 16.6 Å². The highest BCUT2D eigenvalue weighted by molar-refractivity contribution is 7.17. The monoisotopic (exact) mass is 395 g/mol. The maximum Gasteiger partial charge on any atom is 0.265 e. The Kier molecular flexibility index (Phi) is 5.33. The number of hydrogen-bond acceptors (Lipinski definition) is 6. The number of ether oxygens (including phenoxy) is 2. The molecule has 138 valence electrons. The molecule has 2 aromatic rings. The Morgan fingerprint density at radius 3 is 2.58 bits per heavy atom. The molecule has 1 aliphatic heterocycles. The molecule has 3 rings (SSSR count). The van der Waals surface area contributed by atoms with Gasteiger partial charge in [-0.15, -0.1) is 0 Å². The molecule has 2 amide bonds. The third-order valence-corrected chi connectivity index (χ3v) is 5.12. The molecule has 1 aromatic heterocycles. The molecule has 0 saturated heterocycles. The zero-order valence-electron chi connectivity index (χ0n) is 14.6. The molecule has 0 unspecified atom stereocenters. The van der Waals surface area contributed by atoms with Crippen molar-refractivity contribution in [2.75, 3.05) is 32.6 Å². The molecule has 0 fully saturated rings. The first-order valence-corrected chi connectivity index (χ1v) is 9.11. The lowest BCUT2D eigenvalue weighted by atomic mass is 10.1. The van der Waals surface area contributed by atoms with Gasteiger partial charge in [0.05, 0.1) is 12.1 Å². The Labute approximate surface area is 159 Å². The average Bonchev–Trinajstić information content (AvgIpc) is 2.94. The normalized spacial score (nSPS) is 12.6. The van der Waals surface area contributed by atoms with E-state index < -0.39 is 0 Å². The van der Waals surface area contributed by atoms with Gasteiger partial charge >= 0.3 is 0 Å². The lowest BCUT2D eigenvalue weighted by Crippen LogP contribution is -2.21. The molecule has 9 heteroatoms. The van der Waals surface area contributed by atoms with Gasteiger partial charge in [-0.25, -0.2) is 4.98 Å². The van der Waals surface area contributed by atoms with Gasteiger partial charge in [0.1, 0.15) is 18.1 Å². The molecule has 0 bridgehead atoms. The second-order valence-electron chi connectivity index (χ2n) is 5.95. The first-order chi connectivity index (χ1) is 12.3. The van der Waals surface area contributed by atoms with E-state index in [4.69, 9.17) is 21.1 Å². The highest BCUT2D eigenvalue weighted by Crippen LogP contribution is 2.35. The minimum atomic E-state index is -0.277. The Hall–Kier alpha value is -2.32. The van der Waals surface area contributed by atoms with Crippen LogP contribution in [0.4, 0.5) is 5.13 Å². The summed E-state index contributed by atoms with van der Waals surface area (Å²) in [7, 11) is 3.34. The van der Waals surface area contributed by atoms with Crippen LogP contribution in [-0.4, -0.2) is 49.0 Å². The third-order valence-electron chi connectivity index (χ3n) is 3.71. The Balaban J connectivity index is 1.72. The number of nitrogens with zero attached hydrogens (tertiary/aromatic N) is 2. The SMILES string of the molecule is Cc1nc(NC(=O)Cc2cc3c(cc2Cl)OCCO3)sc1C(=O)N(C)C. The number of aryl methyl sites for hydroxylation is 1. The van der Waals surface area contributed by atoms with Gasteiger partial charge < -0.3 is 19.7 Å². The first-order valence-electron chi connectivity index (χ1n) is 7.92. The largest absolute Gasteiger partial charge is 0.486 e. The molecule has 0 atom stereocenters. The molecule has 1 aromatic carbocycles. The molecule has 2 heterocycles. The number of hydrogen-bond donors (Lipinski definition) is 1. The molecule has 0 saturated carbocycles. The smallest absolute Gasteiger partial charge is 0.265 e. The number of nitrogens with one attached hydrogen (secondary N) is 1.